The maximum Gasteiger partial charge on any atom is 0.195 e. The Morgan fingerprint density at radius 3 is 2.39 bits per heavy atom. The van der Waals surface area contributed by atoms with E-state index in [9.17, 15) is 4.79 Å². The first-order valence-electron chi connectivity index (χ1n) is 7.59. The molecule has 0 atom stereocenters. The predicted molar refractivity (Wildman–Crippen MR) is 93.3 cm³/mol. The predicted octanol–water partition coefficient (Wildman–Crippen LogP) is 4.15. The Morgan fingerprint density at radius 2 is 1.57 bits per heavy atom. The molecule has 0 saturated carbocycles. The Kier molecular flexibility index (Phi) is 3.12. The van der Waals surface area contributed by atoms with Crippen molar-refractivity contribution in [3.05, 3.63) is 89.0 Å². The van der Waals surface area contributed by atoms with Crippen molar-refractivity contribution in [2.24, 2.45) is 0 Å². The zero-order chi connectivity index (χ0) is 15.8. The lowest BCUT2D eigenvalue weighted by atomic mass is 9.84. The Bertz CT molecular complexity index is 898. The second-order valence-corrected chi connectivity index (χ2v) is 5.75. The van der Waals surface area contributed by atoms with Crippen molar-refractivity contribution in [3.63, 3.8) is 0 Å². The second kappa shape index (κ2) is 5.29. The highest BCUT2D eigenvalue weighted by atomic mass is 16.1. The summed E-state index contributed by atoms with van der Waals surface area (Å²) in [5, 5.41) is 3.34. The summed E-state index contributed by atoms with van der Waals surface area (Å²) in [7, 11) is 0. The van der Waals surface area contributed by atoms with Gasteiger partial charge in [-0.1, -0.05) is 36.4 Å². The van der Waals surface area contributed by atoms with Gasteiger partial charge in [-0.25, -0.2) is 0 Å². The molecule has 3 aromatic rings. The molecular weight excluding hydrogens is 284 g/mol. The summed E-state index contributed by atoms with van der Waals surface area (Å²) in [5.41, 5.74) is 11.9. The van der Waals surface area contributed by atoms with Crippen LogP contribution in [0.2, 0.25) is 0 Å². The van der Waals surface area contributed by atoms with Crippen LogP contribution in [-0.2, 0) is 6.42 Å². The lowest BCUT2D eigenvalue weighted by molar-refractivity contribution is 0.103. The Morgan fingerprint density at radius 1 is 0.826 bits per heavy atom. The number of carbonyl (C=O) groups excluding carboxylic acids is 1. The van der Waals surface area contributed by atoms with Gasteiger partial charge in [-0.3, -0.25) is 4.79 Å². The highest BCUT2D eigenvalue weighted by molar-refractivity contribution is 6.15. The van der Waals surface area contributed by atoms with Gasteiger partial charge in [0.05, 0.1) is 5.69 Å². The second-order valence-electron chi connectivity index (χ2n) is 5.75. The van der Waals surface area contributed by atoms with Crippen molar-refractivity contribution in [2.45, 2.75) is 6.42 Å². The first kappa shape index (κ1) is 13.6. The number of rotatable bonds is 2. The molecule has 0 radical (unpaired) electrons. The van der Waals surface area contributed by atoms with Crippen molar-refractivity contribution in [1.82, 2.24) is 0 Å². The van der Waals surface area contributed by atoms with Crippen LogP contribution in [0, 0.1) is 0 Å². The highest BCUT2D eigenvalue weighted by Gasteiger charge is 2.25. The molecule has 1 aliphatic rings. The van der Waals surface area contributed by atoms with Gasteiger partial charge >= 0.3 is 0 Å². The molecule has 0 aliphatic heterocycles. The van der Waals surface area contributed by atoms with Gasteiger partial charge in [-0.05, 0) is 47.9 Å². The standard InChI is InChI=1S/C20H16N2O/c21-15-8-10-16(11-9-15)22-18-7-3-5-14-12-13-4-1-2-6-17(13)20(23)19(14)18/h1-11,22H,12,21H2. The zero-order valence-electron chi connectivity index (χ0n) is 12.5. The minimum absolute atomic E-state index is 0.0837. The fourth-order valence-electron chi connectivity index (χ4n) is 3.08. The normalized spacial score (nSPS) is 12.4. The molecule has 3 aromatic carbocycles. The Labute approximate surface area is 134 Å². The number of anilines is 3. The fraction of sp³-hybridized carbons (Fsp3) is 0.0500. The number of benzene rings is 3. The monoisotopic (exact) mass is 300 g/mol. The Hall–Kier alpha value is -3.07. The van der Waals surface area contributed by atoms with Gasteiger partial charge in [-0.15, -0.1) is 0 Å². The van der Waals surface area contributed by atoms with Crippen LogP contribution in [0.1, 0.15) is 27.0 Å². The molecule has 0 unspecified atom stereocenters. The molecule has 1 aliphatic carbocycles. The molecule has 23 heavy (non-hydrogen) atoms. The van der Waals surface area contributed by atoms with E-state index in [-0.39, 0.29) is 5.78 Å². The third kappa shape index (κ3) is 2.36. The number of nitrogens with two attached hydrogens (primary N) is 1. The average Bonchev–Trinajstić information content (AvgIpc) is 2.57. The number of carbonyl (C=O) groups is 1. The van der Waals surface area contributed by atoms with Crippen LogP contribution in [0.4, 0.5) is 17.1 Å². The van der Waals surface area contributed by atoms with Gasteiger partial charge < -0.3 is 11.1 Å². The van der Waals surface area contributed by atoms with E-state index in [1.807, 2.05) is 66.7 Å². The average molecular weight is 300 g/mol. The van der Waals surface area contributed by atoms with Crippen LogP contribution >= 0.6 is 0 Å². The first-order chi connectivity index (χ1) is 11.2. The first-order valence-corrected chi connectivity index (χ1v) is 7.59. The van der Waals surface area contributed by atoms with Crippen LogP contribution < -0.4 is 11.1 Å². The Balaban J connectivity index is 1.77. The largest absolute Gasteiger partial charge is 0.399 e. The number of fused-ring (bicyclic) bond motifs is 2. The molecule has 0 aromatic heterocycles. The summed E-state index contributed by atoms with van der Waals surface area (Å²) in [4.78, 5) is 12.9. The molecule has 0 spiro atoms. The van der Waals surface area contributed by atoms with E-state index in [1.54, 1.807) is 0 Å². The van der Waals surface area contributed by atoms with E-state index in [1.165, 1.54) is 0 Å². The molecular formula is C20H16N2O. The van der Waals surface area contributed by atoms with Gasteiger partial charge in [0.15, 0.2) is 5.78 Å². The van der Waals surface area contributed by atoms with Gasteiger partial charge in [0.2, 0.25) is 0 Å². The molecule has 0 saturated heterocycles. The number of ketones is 1. The number of hydrogen-bond donors (Lipinski definition) is 2. The van der Waals surface area contributed by atoms with E-state index in [0.29, 0.717) is 0 Å². The molecule has 0 fully saturated rings. The summed E-state index contributed by atoms with van der Waals surface area (Å²) in [6.45, 7) is 0. The van der Waals surface area contributed by atoms with Crippen molar-refractivity contribution in [1.29, 1.82) is 0 Å². The molecule has 3 heteroatoms. The third-order valence-corrected chi connectivity index (χ3v) is 4.21. The smallest absolute Gasteiger partial charge is 0.195 e. The molecule has 4 rings (SSSR count). The summed E-state index contributed by atoms with van der Waals surface area (Å²) >= 11 is 0. The van der Waals surface area contributed by atoms with E-state index in [0.717, 1.165) is 45.7 Å². The number of hydrogen-bond acceptors (Lipinski definition) is 3. The summed E-state index contributed by atoms with van der Waals surface area (Å²) in [6.07, 6.45) is 0.786. The van der Waals surface area contributed by atoms with Crippen molar-refractivity contribution < 1.29 is 4.79 Å². The molecule has 0 bridgehead atoms. The molecule has 0 heterocycles. The van der Waals surface area contributed by atoms with E-state index < -0.39 is 0 Å². The maximum absolute atomic E-state index is 12.9. The number of nitrogen functional groups attached to an aromatic ring is 1. The SMILES string of the molecule is Nc1ccc(Nc2cccc3c2C(=O)c2ccccc2C3)cc1. The van der Waals surface area contributed by atoms with Crippen molar-refractivity contribution in [2.75, 3.05) is 11.1 Å². The molecule has 112 valence electrons. The highest BCUT2D eigenvalue weighted by Crippen LogP contribution is 2.33. The minimum atomic E-state index is 0.0837. The van der Waals surface area contributed by atoms with Crippen LogP contribution in [-0.4, -0.2) is 5.78 Å². The maximum atomic E-state index is 12.9. The zero-order valence-corrected chi connectivity index (χ0v) is 12.5. The minimum Gasteiger partial charge on any atom is -0.399 e. The van der Waals surface area contributed by atoms with E-state index in [4.69, 9.17) is 5.73 Å². The van der Waals surface area contributed by atoms with E-state index >= 15 is 0 Å². The van der Waals surface area contributed by atoms with Gasteiger partial charge in [0.1, 0.15) is 0 Å². The number of nitrogens with one attached hydrogen (secondary N) is 1. The van der Waals surface area contributed by atoms with Gasteiger partial charge in [0.25, 0.3) is 0 Å². The van der Waals surface area contributed by atoms with Crippen molar-refractivity contribution in [3.8, 4) is 0 Å². The van der Waals surface area contributed by atoms with E-state index in [2.05, 4.69) is 5.32 Å². The fourth-order valence-corrected chi connectivity index (χ4v) is 3.08. The quantitative estimate of drug-likeness (QED) is 0.547. The lowest BCUT2D eigenvalue weighted by Gasteiger charge is -2.21. The van der Waals surface area contributed by atoms with Crippen LogP contribution in [0.25, 0.3) is 0 Å². The lowest BCUT2D eigenvalue weighted by Crippen LogP contribution is -2.16. The van der Waals surface area contributed by atoms with Crippen molar-refractivity contribution >= 4 is 22.8 Å². The van der Waals surface area contributed by atoms with Crippen LogP contribution in [0.5, 0.6) is 0 Å². The third-order valence-electron chi connectivity index (χ3n) is 4.21. The summed E-state index contributed by atoms with van der Waals surface area (Å²) < 4.78 is 0. The summed E-state index contributed by atoms with van der Waals surface area (Å²) in [5.74, 6) is 0.0837. The molecule has 3 N–H and O–H groups in total. The van der Waals surface area contributed by atoms with Crippen LogP contribution in [0.15, 0.2) is 66.7 Å². The van der Waals surface area contributed by atoms with Gasteiger partial charge in [-0.2, -0.15) is 0 Å². The molecule has 0 amide bonds. The van der Waals surface area contributed by atoms with Gasteiger partial charge in [0, 0.05) is 22.5 Å². The summed E-state index contributed by atoms with van der Waals surface area (Å²) in [6, 6.07) is 21.3. The topological polar surface area (TPSA) is 55.1 Å². The molecule has 3 nitrogen and oxygen atoms in total. The van der Waals surface area contributed by atoms with Crippen LogP contribution in [0.3, 0.4) is 0 Å².